The standard InChI is InChI=1S/C9H18O8/c1-9(10)17-8-16-7-15-6-14-5-13-4-12-3-11-2/h3-8H2,1-2H3. The van der Waals surface area contributed by atoms with Gasteiger partial charge in [-0.1, -0.05) is 0 Å². The Morgan fingerprint density at radius 1 is 0.765 bits per heavy atom. The van der Waals surface area contributed by atoms with Crippen LogP contribution >= 0.6 is 0 Å². The molecule has 0 amide bonds. The minimum absolute atomic E-state index is 0.00431. The van der Waals surface area contributed by atoms with Crippen molar-refractivity contribution in [2.75, 3.05) is 47.9 Å². The second-order valence-electron chi connectivity index (χ2n) is 2.65. The first-order chi connectivity index (χ1) is 8.27. The Kier molecular flexibility index (Phi) is 12.7. The highest BCUT2D eigenvalue weighted by atomic mass is 16.8. The molecule has 0 atom stereocenters. The maximum absolute atomic E-state index is 10.3. The van der Waals surface area contributed by atoms with Gasteiger partial charge in [-0.15, -0.1) is 0 Å². The molecule has 102 valence electrons. The van der Waals surface area contributed by atoms with E-state index in [1.54, 1.807) is 0 Å². The normalized spacial score (nSPS) is 10.5. The first-order valence-electron chi connectivity index (χ1n) is 4.78. The first kappa shape index (κ1) is 16.2. The molecule has 0 aliphatic rings. The van der Waals surface area contributed by atoms with Gasteiger partial charge in [0, 0.05) is 14.0 Å². The number of hydrogen-bond donors (Lipinski definition) is 0. The molecule has 0 heterocycles. The second kappa shape index (κ2) is 13.3. The summed E-state index contributed by atoms with van der Waals surface area (Å²) in [5.74, 6) is -0.411. The Balaban J connectivity index is 2.91. The van der Waals surface area contributed by atoms with Crippen LogP contribution in [0.25, 0.3) is 0 Å². The molecule has 0 saturated heterocycles. The van der Waals surface area contributed by atoms with Crippen molar-refractivity contribution in [1.29, 1.82) is 0 Å². The number of rotatable bonds is 12. The molecule has 0 aromatic carbocycles. The van der Waals surface area contributed by atoms with E-state index < -0.39 is 5.97 Å². The third-order valence-electron chi connectivity index (χ3n) is 1.21. The van der Waals surface area contributed by atoms with Crippen LogP contribution in [-0.4, -0.2) is 53.8 Å². The summed E-state index contributed by atoms with van der Waals surface area (Å²) in [6, 6.07) is 0. The smallest absolute Gasteiger partial charge is 0.304 e. The molecule has 17 heavy (non-hydrogen) atoms. The number of ether oxygens (including phenoxy) is 7. The van der Waals surface area contributed by atoms with Crippen LogP contribution in [0.4, 0.5) is 0 Å². The molecule has 0 aliphatic heterocycles. The molecule has 0 unspecified atom stereocenters. The molecule has 0 bridgehead atoms. The van der Waals surface area contributed by atoms with Gasteiger partial charge >= 0.3 is 5.97 Å². The fourth-order valence-electron chi connectivity index (χ4n) is 0.614. The molecular weight excluding hydrogens is 236 g/mol. The highest BCUT2D eigenvalue weighted by Gasteiger charge is 1.93. The molecule has 8 nitrogen and oxygen atoms in total. The van der Waals surface area contributed by atoms with E-state index in [-0.39, 0.29) is 40.8 Å². The summed E-state index contributed by atoms with van der Waals surface area (Å²) < 4.78 is 33.3. The quantitative estimate of drug-likeness (QED) is 0.274. The first-order valence-corrected chi connectivity index (χ1v) is 4.78. The Morgan fingerprint density at radius 2 is 1.18 bits per heavy atom. The zero-order valence-electron chi connectivity index (χ0n) is 10.0. The van der Waals surface area contributed by atoms with E-state index in [2.05, 4.69) is 9.47 Å². The number of esters is 1. The lowest BCUT2D eigenvalue weighted by molar-refractivity contribution is -0.213. The van der Waals surface area contributed by atoms with E-state index in [0.29, 0.717) is 0 Å². The van der Waals surface area contributed by atoms with Crippen LogP contribution < -0.4 is 0 Å². The van der Waals surface area contributed by atoms with E-state index >= 15 is 0 Å². The van der Waals surface area contributed by atoms with E-state index in [9.17, 15) is 4.79 Å². The van der Waals surface area contributed by atoms with Crippen LogP contribution in [0.2, 0.25) is 0 Å². The molecule has 0 rings (SSSR count). The van der Waals surface area contributed by atoms with Gasteiger partial charge in [0.15, 0.2) is 34.0 Å². The van der Waals surface area contributed by atoms with Crippen LogP contribution in [-0.2, 0) is 38.0 Å². The molecule has 0 spiro atoms. The topological polar surface area (TPSA) is 81.7 Å². The molecule has 0 aromatic heterocycles. The summed E-state index contributed by atoms with van der Waals surface area (Å²) >= 11 is 0. The van der Waals surface area contributed by atoms with Crippen molar-refractivity contribution >= 4 is 5.97 Å². The van der Waals surface area contributed by atoms with Gasteiger partial charge in [0.1, 0.15) is 6.79 Å². The summed E-state index contributed by atoms with van der Waals surface area (Å²) in [4.78, 5) is 10.3. The third kappa shape index (κ3) is 15.2. The average molecular weight is 254 g/mol. The fourth-order valence-corrected chi connectivity index (χ4v) is 0.614. The highest BCUT2D eigenvalue weighted by molar-refractivity contribution is 5.65. The van der Waals surface area contributed by atoms with Gasteiger partial charge in [0.05, 0.1) is 0 Å². The van der Waals surface area contributed by atoms with Crippen LogP contribution in [0.5, 0.6) is 0 Å². The molecule has 8 heteroatoms. The monoisotopic (exact) mass is 254 g/mol. The van der Waals surface area contributed by atoms with Crippen molar-refractivity contribution in [3.8, 4) is 0 Å². The minimum atomic E-state index is -0.411. The van der Waals surface area contributed by atoms with Crippen LogP contribution in [0.15, 0.2) is 0 Å². The molecule has 0 aromatic rings. The van der Waals surface area contributed by atoms with Crippen molar-refractivity contribution in [3.63, 3.8) is 0 Å². The van der Waals surface area contributed by atoms with Crippen molar-refractivity contribution in [2.45, 2.75) is 6.92 Å². The Hall–Kier alpha value is -0.770. The molecular formula is C9H18O8. The maximum Gasteiger partial charge on any atom is 0.304 e. The van der Waals surface area contributed by atoms with Crippen LogP contribution in [0.1, 0.15) is 6.92 Å². The number of carbonyl (C=O) groups excluding carboxylic acids is 1. The zero-order chi connectivity index (χ0) is 12.8. The SMILES string of the molecule is COCOCOCOCOCOCOC(C)=O. The van der Waals surface area contributed by atoms with E-state index in [0.717, 1.165) is 0 Å². The average Bonchev–Trinajstić information content (AvgIpc) is 2.30. The van der Waals surface area contributed by atoms with Crippen LogP contribution in [0.3, 0.4) is 0 Å². The van der Waals surface area contributed by atoms with Crippen molar-refractivity contribution < 1.29 is 38.0 Å². The molecule has 0 radical (unpaired) electrons. The van der Waals surface area contributed by atoms with Crippen LogP contribution in [0, 0.1) is 0 Å². The Labute approximate surface area is 99.6 Å². The van der Waals surface area contributed by atoms with E-state index in [1.807, 2.05) is 0 Å². The predicted molar refractivity (Wildman–Crippen MR) is 53.4 cm³/mol. The third-order valence-corrected chi connectivity index (χ3v) is 1.21. The summed E-state index contributed by atoms with van der Waals surface area (Å²) in [7, 11) is 1.51. The number of carbonyl (C=O) groups is 1. The summed E-state index contributed by atoms with van der Waals surface area (Å²) in [6.45, 7) is 1.40. The lowest BCUT2D eigenvalue weighted by Crippen LogP contribution is -2.11. The van der Waals surface area contributed by atoms with Crippen molar-refractivity contribution in [1.82, 2.24) is 0 Å². The lowest BCUT2D eigenvalue weighted by Gasteiger charge is -2.07. The summed E-state index contributed by atoms with van der Waals surface area (Å²) in [5.41, 5.74) is 0. The van der Waals surface area contributed by atoms with Gasteiger partial charge in [0.25, 0.3) is 0 Å². The Bertz CT molecular complexity index is 174. The van der Waals surface area contributed by atoms with Gasteiger partial charge < -0.3 is 33.2 Å². The van der Waals surface area contributed by atoms with E-state index in [1.165, 1.54) is 14.0 Å². The maximum atomic E-state index is 10.3. The molecule has 0 fully saturated rings. The minimum Gasteiger partial charge on any atom is -0.439 e. The molecule has 0 aliphatic carbocycles. The van der Waals surface area contributed by atoms with Crippen molar-refractivity contribution in [3.05, 3.63) is 0 Å². The lowest BCUT2D eigenvalue weighted by atomic mass is 10.8. The summed E-state index contributed by atoms with van der Waals surface area (Å²) in [5, 5.41) is 0. The van der Waals surface area contributed by atoms with Gasteiger partial charge in [-0.25, -0.2) is 0 Å². The number of hydrogen-bond acceptors (Lipinski definition) is 8. The van der Waals surface area contributed by atoms with Gasteiger partial charge in [-0.3, -0.25) is 4.79 Å². The zero-order valence-corrected chi connectivity index (χ0v) is 10.0. The van der Waals surface area contributed by atoms with Gasteiger partial charge in [-0.05, 0) is 0 Å². The van der Waals surface area contributed by atoms with Crippen molar-refractivity contribution in [2.24, 2.45) is 0 Å². The molecule has 0 saturated carbocycles. The molecule has 0 N–H and O–H groups in total. The fraction of sp³-hybridized carbons (Fsp3) is 0.889. The second-order valence-corrected chi connectivity index (χ2v) is 2.65. The highest BCUT2D eigenvalue weighted by Crippen LogP contribution is 1.85. The van der Waals surface area contributed by atoms with E-state index in [4.69, 9.17) is 23.7 Å². The number of methoxy groups -OCH3 is 1. The Morgan fingerprint density at radius 3 is 1.59 bits per heavy atom. The van der Waals surface area contributed by atoms with Gasteiger partial charge in [0.2, 0.25) is 0 Å². The largest absolute Gasteiger partial charge is 0.439 e. The van der Waals surface area contributed by atoms with Gasteiger partial charge in [-0.2, -0.15) is 0 Å². The summed E-state index contributed by atoms with van der Waals surface area (Å²) in [6.07, 6.45) is 0. The predicted octanol–water partition coefficient (Wildman–Crippen LogP) is 0.0239.